The Balaban J connectivity index is 1.40. The largest absolute Gasteiger partial charge is 0.373 e. The molecule has 4 heterocycles. The van der Waals surface area contributed by atoms with Crippen LogP contribution in [-0.2, 0) is 20.9 Å². The molecule has 4 atom stereocenters. The highest BCUT2D eigenvalue weighted by Gasteiger charge is 2.63. The van der Waals surface area contributed by atoms with Crippen molar-refractivity contribution in [2.24, 2.45) is 11.8 Å². The van der Waals surface area contributed by atoms with Crippen LogP contribution in [0.4, 0.5) is 10.3 Å². The van der Waals surface area contributed by atoms with E-state index in [1.54, 1.807) is 12.1 Å². The lowest BCUT2D eigenvalue weighted by molar-refractivity contribution is -0.124. The van der Waals surface area contributed by atoms with E-state index in [1.807, 2.05) is 0 Å². The summed E-state index contributed by atoms with van der Waals surface area (Å²) in [6, 6.07) is 6.17. The fourth-order valence-corrected chi connectivity index (χ4v) is 4.19. The van der Waals surface area contributed by atoms with Crippen LogP contribution in [-0.4, -0.2) is 38.8 Å². The predicted octanol–water partition coefficient (Wildman–Crippen LogP) is 1.13. The number of imide groups is 1. The quantitative estimate of drug-likeness (QED) is 0.782. The summed E-state index contributed by atoms with van der Waals surface area (Å²) < 4.78 is 20.5. The van der Waals surface area contributed by atoms with Gasteiger partial charge < -0.3 is 4.74 Å². The molecule has 3 fully saturated rings. The molecule has 0 N–H and O–H groups in total. The van der Waals surface area contributed by atoms with E-state index in [0.717, 1.165) is 23.3 Å². The van der Waals surface area contributed by atoms with Crippen LogP contribution in [0.5, 0.6) is 0 Å². The van der Waals surface area contributed by atoms with E-state index in [1.165, 1.54) is 23.1 Å². The third kappa shape index (κ3) is 2.13. The van der Waals surface area contributed by atoms with Gasteiger partial charge in [0.15, 0.2) is 0 Å². The Labute approximate surface area is 142 Å². The molecule has 0 saturated carbocycles. The van der Waals surface area contributed by atoms with Crippen molar-refractivity contribution in [3.8, 4) is 0 Å². The van der Waals surface area contributed by atoms with E-state index in [0.29, 0.717) is 6.54 Å². The van der Waals surface area contributed by atoms with Crippen LogP contribution in [0.1, 0.15) is 18.4 Å². The first kappa shape index (κ1) is 14.7. The number of nitrogens with zero attached hydrogens (tertiary/aromatic N) is 4. The molecular weight excluding hydrogens is 327 g/mol. The Kier molecular flexibility index (Phi) is 3.05. The van der Waals surface area contributed by atoms with Crippen molar-refractivity contribution >= 4 is 17.8 Å². The topological polar surface area (TPSA) is 77.3 Å². The third-order valence-corrected chi connectivity index (χ3v) is 5.24. The van der Waals surface area contributed by atoms with Gasteiger partial charge in [0.25, 0.3) is 5.95 Å². The van der Waals surface area contributed by atoms with E-state index in [9.17, 15) is 14.0 Å². The van der Waals surface area contributed by atoms with Crippen molar-refractivity contribution in [1.29, 1.82) is 0 Å². The van der Waals surface area contributed by atoms with Gasteiger partial charge in [0.2, 0.25) is 11.8 Å². The molecule has 2 amide bonds. The highest BCUT2D eigenvalue weighted by Crippen LogP contribution is 2.48. The fourth-order valence-electron chi connectivity index (χ4n) is 4.19. The zero-order valence-electron chi connectivity index (χ0n) is 13.2. The summed E-state index contributed by atoms with van der Waals surface area (Å²) in [5, 5.41) is 4.24. The second-order valence-corrected chi connectivity index (χ2v) is 6.73. The number of fused-ring (bicyclic) bond motifs is 5. The minimum Gasteiger partial charge on any atom is -0.373 e. The van der Waals surface area contributed by atoms with Crippen molar-refractivity contribution in [3.05, 3.63) is 42.0 Å². The SMILES string of the molecule is O=C1[C@@H]2[C@H](C(=O)N1c1ncn(Cc3cccc(F)c3)n1)[C@@H]1CC[C@@H]2O1. The number of hydrogen-bond acceptors (Lipinski definition) is 5. The summed E-state index contributed by atoms with van der Waals surface area (Å²) in [5.74, 6) is -1.59. The normalized spacial score (nSPS) is 30.4. The standard InChI is InChI=1S/C17H15FN4O3/c18-10-3-1-2-9(6-10)7-21-8-19-17(20-21)22-15(23)13-11-4-5-12(25-11)14(13)16(22)24/h1-3,6,8,11-14H,4-5,7H2/t11-,12-,13-,14+/m0/s1. The molecule has 25 heavy (non-hydrogen) atoms. The molecule has 0 unspecified atom stereocenters. The molecule has 1 aromatic heterocycles. The van der Waals surface area contributed by atoms with Crippen molar-refractivity contribution in [3.63, 3.8) is 0 Å². The first-order valence-electron chi connectivity index (χ1n) is 8.29. The van der Waals surface area contributed by atoms with E-state index < -0.39 is 11.8 Å². The number of carbonyl (C=O) groups is 2. The van der Waals surface area contributed by atoms with Gasteiger partial charge in [-0.25, -0.2) is 14.0 Å². The Morgan fingerprint density at radius 2 is 1.88 bits per heavy atom. The summed E-state index contributed by atoms with van der Waals surface area (Å²) in [7, 11) is 0. The van der Waals surface area contributed by atoms with Gasteiger partial charge in [0.05, 0.1) is 30.6 Å². The molecule has 0 spiro atoms. The van der Waals surface area contributed by atoms with Crippen LogP contribution in [0.2, 0.25) is 0 Å². The van der Waals surface area contributed by atoms with E-state index in [4.69, 9.17) is 4.74 Å². The van der Waals surface area contributed by atoms with Crippen molar-refractivity contribution in [1.82, 2.24) is 14.8 Å². The molecule has 0 aliphatic carbocycles. The van der Waals surface area contributed by atoms with Crippen LogP contribution in [0, 0.1) is 17.7 Å². The first-order chi connectivity index (χ1) is 12.1. The van der Waals surface area contributed by atoms with Crippen LogP contribution in [0.3, 0.4) is 0 Å². The lowest BCUT2D eigenvalue weighted by Gasteiger charge is -2.14. The number of benzene rings is 1. The minimum atomic E-state index is -0.401. The molecule has 2 aromatic rings. The average molecular weight is 342 g/mol. The maximum atomic E-state index is 13.3. The Bertz CT molecular complexity index is 854. The molecule has 3 saturated heterocycles. The molecule has 7 nitrogen and oxygen atoms in total. The van der Waals surface area contributed by atoms with E-state index in [2.05, 4.69) is 10.1 Å². The van der Waals surface area contributed by atoms with Gasteiger partial charge in [-0.2, -0.15) is 4.98 Å². The smallest absolute Gasteiger partial charge is 0.258 e. The number of amides is 2. The van der Waals surface area contributed by atoms with Gasteiger partial charge in [0, 0.05) is 0 Å². The molecular formula is C17H15FN4O3. The van der Waals surface area contributed by atoms with Crippen molar-refractivity contribution in [2.75, 3.05) is 4.90 Å². The second kappa shape index (κ2) is 5.19. The van der Waals surface area contributed by atoms with Crippen LogP contribution < -0.4 is 4.90 Å². The number of rotatable bonds is 3. The third-order valence-electron chi connectivity index (χ3n) is 5.24. The number of carbonyl (C=O) groups excluding carboxylic acids is 2. The van der Waals surface area contributed by atoms with Gasteiger partial charge in [-0.3, -0.25) is 9.59 Å². The number of halogens is 1. The van der Waals surface area contributed by atoms with Crippen molar-refractivity contribution in [2.45, 2.75) is 31.6 Å². The van der Waals surface area contributed by atoms with Crippen LogP contribution in [0.15, 0.2) is 30.6 Å². The van der Waals surface area contributed by atoms with E-state index in [-0.39, 0.29) is 35.8 Å². The molecule has 1 aromatic carbocycles. The van der Waals surface area contributed by atoms with E-state index >= 15 is 0 Å². The van der Waals surface area contributed by atoms with Gasteiger partial charge in [0.1, 0.15) is 12.1 Å². The maximum Gasteiger partial charge on any atom is 0.258 e. The monoisotopic (exact) mass is 342 g/mol. The summed E-state index contributed by atoms with van der Waals surface area (Å²) in [5.41, 5.74) is 0.721. The van der Waals surface area contributed by atoms with Gasteiger partial charge in [-0.05, 0) is 30.5 Å². The lowest BCUT2D eigenvalue weighted by atomic mass is 9.81. The fraction of sp³-hybridized carbons (Fsp3) is 0.412. The first-order valence-corrected chi connectivity index (χ1v) is 8.29. The molecule has 5 rings (SSSR count). The summed E-state index contributed by atoms with van der Waals surface area (Å²) in [6.45, 7) is 0.308. The van der Waals surface area contributed by atoms with Gasteiger partial charge in [-0.1, -0.05) is 12.1 Å². The molecule has 0 radical (unpaired) electrons. The minimum absolute atomic E-state index is 0.0835. The second-order valence-electron chi connectivity index (χ2n) is 6.73. The Hall–Kier alpha value is -2.61. The number of ether oxygens (including phenoxy) is 1. The molecule has 128 valence electrons. The predicted molar refractivity (Wildman–Crippen MR) is 82.9 cm³/mol. The van der Waals surface area contributed by atoms with Crippen LogP contribution >= 0.6 is 0 Å². The van der Waals surface area contributed by atoms with Crippen LogP contribution in [0.25, 0.3) is 0 Å². The molecule has 3 aliphatic rings. The highest BCUT2D eigenvalue weighted by molar-refractivity contribution is 6.21. The Morgan fingerprint density at radius 1 is 1.16 bits per heavy atom. The molecule has 8 heteroatoms. The number of aromatic nitrogens is 3. The maximum absolute atomic E-state index is 13.3. The zero-order valence-corrected chi connectivity index (χ0v) is 13.2. The van der Waals surface area contributed by atoms with Gasteiger partial charge in [-0.15, -0.1) is 5.10 Å². The zero-order chi connectivity index (χ0) is 17.1. The Morgan fingerprint density at radius 3 is 2.56 bits per heavy atom. The summed E-state index contributed by atoms with van der Waals surface area (Å²) >= 11 is 0. The number of hydrogen-bond donors (Lipinski definition) is 0. The number of anilines is 1. The summed E-state index contributed by atoms with van der Waals surface area (Å²) in [4.78, 5) is 30.6. The van der Waals surface area contributed by atoms with Crippen molar-refractivity contribution < 1.29 is 18.7 Å². The highest BCUT2D eigenvalue weighted by atomic mass is 19.1. The lowest BCUT2D eigenvalue weighted by Crippen LogP contribution is -2.35. The van der Waals surface area contributed by atoms with Gasteiger partial charge >= 0.3 is 0 Å². The molecule has 3 aliphatic heterocycles. The molecule has 2 bridgehead atoms. The summed E-state index contributed by atoms with van der Waals surface area (Å²) in [6.07, 6.45) is 2.76. The average Bonchev–Trinajstić information content (AvgIpc) is 3.33.